The normalized spacial score (nSPS) is 16.9. The van der Waals surface area contributed by atoms with Gasteiger partial charge in [-0.3, -0.25) is 9.69 Å². The Bertz CT molecular complexity index is 1260. The summed E-state index contributed by atoms with van der Waals surface area (Å²) in [4.78, 5) is 14.4. The maximum Gasteiger partial charge on any atom is 0.307 e. The summed E-state index contributed by atoms with van der Waals surface area (Å²) in [6.45, 7) is 5.99. The second-order valence-electron chi connectivity index (χ2n) is 10.6. The number of benzene rings is 3. The number of ether oxygens (including phenoxy) is 2. The molecule has 196 valence electrons. The lowest BCUT2D eigenvalue weighted by atomic mass is 9.74. The summed E-state index contributed by atoms with van der Waals surface area (Å²) in [6.07, 6.45) is 10.9. The second-order valence-corrected chi connectivity index (χ2v) is 10.6. The number of nitrogens with zero attached hydrogens (tertiary/aromatic N) is 1. The molecule has 0 saturated carbocycles. The van der Waals surface area contributed by atoms with Gasteiger partial charge in [0.2, 0.25) is 0 Å². The third-order valence-electron chi connectivity index (χ3n) is 8.27. The highest BCUT2D eigenvalue weighted by Gasteiger charge is 2.40. The molecule has 0 radical (unpaired) electrons. The lowest BCUT2D eigenvalue weighted by molar-refractivity contribution is -0.143. The summed E-state index contributed by atoms with van der Waals surface area (Å²) >= 11 is 0. The molecule has 2 aliphatic rings. The molecule has 4 nitrogen and oxygen atoms in total. The minimum atomic E-state index is -0.296. The maximum atomic E-state index is 11.8. The number of carbonyl (C=O) groups is 1. The van der Waals surface area contributed by atoms with Crippen molar-refractivity contribution in [3.63, 3.8) is 0 Å². The Morgan fingerprint density at radius 3 is 2.39 bits per heavy atom. The largest absolute Gasteiger partial charge is 0.489 e. The third kappa shape index (κ3) is 5.95. The van der Waals surface area contributed by atoms with E-state index in [9.17, 15) is 4.79 Å². The fraction of sp³-hybridized carbons (Fsp3) is 0.382. The lowest BCUT2D eigenvalue weighted by Gasteiger charge is -2.40. The van der Waals surface area contributed by atoms with E-state index in [1.807, 2.05) is 24.3 Å². The molecule has 0 aromatic heterocycles. The topological polar surface area (TPSA) is 38.8 Å². The molecule has 0 bridgehead atoms. The molecule has 1 saturated heterocycles. The zero-order chi connectivity index (χ0) is 26.4. The molecule has 1 aliphatic heterocycles. The summed E-state index contributed by atoms with van der Waals surface area (Å²) in [5.41, 5.74) is 7.00. The van der Waals surface area contributed by atoms with Crippen LogP contribution in [0.25, 0.3) is 0 Å². The molecule has 1 aliphatic carbocycles. The van der Waals surface area contributed by atoms with E-state index in [4.69, 9.17) is 15.9 Å². The van der Waals surface area contributed by atoms with E-state index in [1.54, 1.807) is 18.1 Å². The minimum absolute atomic E-state index is 0.184. The maximum absolute atomic E-state index is 11.8. The molecule has 38 heavy (non-hydrogen) atoms. The number of hydrogen-bond donors (Lipinski definition) is 0. The van der Waals surface area contributed by atoms with Crippen LogP contribution in [0.15, 0.2) is 72.8 Å². The van der Waals surface area contributed by atoms with Crippen LogP contribution in [-0.2, 0) is 34.5 Å². The first-order valence-corrected chi connectivity index (χ1v) is 13.8. The van der Waals surface area contributed by atoms with E-state index in [-0.39, 0.29) is 18.3 Å². The Balaban J connectivity index is 1.09. The molecule has 3 aromatic rings. The van der Waals surface area contributed by atoms with Crippen molar-refractivity contribution in [2.75, 3.05) is 19.7 Å². The average Bonchev–Trinajstić information content (AvgIpc) is 3.31. The first-order valence-electron chi connectivity index (χ1n) is 13.8. The van der Waals surface area contributed by atoms with Crippen LogP contribution < -0.4 is 4.74 Å². The molecule has 5 rings (SSSR count). The first kappa shape index (κ1) is 26.1. The highest BCUT2D eigenvalue weighted by molar-refractivity contribution is 5.71. The highest BCUT2D eigenvalue weighted by atomic mass is 16.5. The van der Waals surface area contributed by atoms with Crippen LogP contribution in [0, 0.1) is 12.3 Å². The van der Waals surface area contributed by atoms with Gasteiger partial charge in [0.05, 0.1) is 18.9 Å². The van der Waals surface area contributed by atoms with Crippen LogP contribution in [0.5, 0.6) is 5.75 Å². The predicted octanol–water partition coefficient (Wildman–Crippen LogP) is 6.42. The summed E-state index contributed by atoms with van der Waals surface area (Å²) in [5, 5.41) is 0. The van der Waals surface area contributed by atoms with Gasteiger partial charge >= 0.3 is 5.97 Å². The van der Waals surface area contributed by atoms with Crippen molar-refractivity contribution in [3.05, 3.63) is 101 Å². The average molecular weight is 508 g/mol. The Morgan fingerprint density at radius 2 is 1.68 bits per heavy atom. The summed E-state index contributed by atoms with van der Waals surface area (Å²) in [5.74, 6) is 2.90. The Labute approximate surface area is 227 Å². The number of hydrogen-bond acceptors (Lipinski definition) is 4. The fourth-order valence-electron chi connectivity index (χ4n) is 6.04. The molecule has 1 spiro atoms. The monoisotopic (exact) mass is 507 g/mol. The Morgan fingerprint density at radius 1 is 0.974 bits per heavy atom. The van der Waals surface area contributed by atoms with Gasteiger partial charge in [-0.15, -0.1) is 6.42 Å². The van der Waals surface area contributed by atoms with E-state index >= 15 is 0 Å². The first-order chi connectivity index (χ1) is 18.6. The van der Waals surface area contributed by atoms with E-state index in [0.29, 0.717) is 18.6 Å². The smallest absolute Gasteiger partial charge is 0.307 e. The van der Waals surface area contributed by atoms with Gasteiger partial charge < -0.3 is 9.47 Å². The standard InChI is InChI=1S/C34H37NO3/c1-3-28(23-33(36)37-4-2)29-13-15-31(16-14-29)38-25-27-11-9-26(10-12-27)24-35-21-19-34(20-22-35)18-17-30-7-5-6-8-32(30)34/h1,5-16,28H,4,17-25H2,2H3. The molecule has 1 heterocycles. The number of rotatable bonds is 9. The van der Waals surface area contributed by atoms with Crippen LogP contribution in [0.3, 0.4) is 0 Å². The van der Waals surface area contributed by atoms with Crippen LogP contribution in [0.1, 0.15) is 66.3 Å². The van der Waals surface area contributed by atoms with Gasteiger partial charge in [0, 0.05) is 6.54 Å². The van der Waals surface area contributed by atoms with E-state index < -0.39 is 0 Å². The van der Waals surface area contributed by atoms with Crippen molar-refractivity contribution < 1.29 is 14.3 Å². The van der Waals surface area contributed by atoms with Crippen molar-refractivity contribution in [2.45, 2.75) is 63.5 Å². The van der Waals surface area contributed by atoms with Gasteiger partial charge in [0.1, 0.15) is 12.4 Å². The van der Waals surface area contributed by atoms with Gasteiger partial charge in [-0.05, 0) is 91.1 Å². The lowest BCUT2D eigenvalue weighted by Crippen LogP contribution is -2.41. The van der Waals surface area contributed by atoms with Gasteiger partial charge in [0.25, 0.3) is 0 Å². The molecule has 4 heteroatoms. The number of likely N-dealkylation sites (tertiary alicyclic amines) is 1. The minimum Gasteiger partial charge on any atom is -0.489 e. The fourth-order valence-corrected chi connectivity index (χ4v) is 6.04. The Kier molecular flexibility index (Phi) is 8.15. The van der Waals surface area contributed by atoms with Crippen molar-refractivity contribution >= 4 is 5.97 Å². The molecule has 1 unspecified atom stereocenters. The molecule has 3 aromatic carbocycles. The van der Waals surface area contributed by atoms with Crippen LogP contribution in [-0.4, -0.2) is 30.6 Å². The number of carbonyl (C=O) groups excluding carboxylic acids is 1. The number of aryl methyl sites for hydroxylation is 1. The molecule has 0 amide bonds. The van der Waals surface area contributed by atoms with Crippen molar-refractivity contribution in [3.8, 4) is 18.1 Å². The van der Waals surface area contributed by atoms with E-state index in [1.165, 1.54) is 31.2 Å². The zero-order valence-electron chi connectivity index (χ0n) is 22.3. The van der Waals surface area contributed by atoms with Crippen LogP contribution in [0.2, 0.25) is 0 Å². The summed E-state index contributed by atoms with van der Waals surface area (Å²) in [6, 6.07) is 25.5. The summed E-state index contributed by atoms with van der Waals surface area (Å²) < 4.78 is 11.0. The number of piperidine rings is 1. The SMILES string of the molecule is C#CC(CC(=O)OCC)c1ccc(OCc2ccc(CN3CCC4(CCc5ccccc54)CC3)cc2)cc1. The Hall–Kier alpha value is -3.55. The molecule has 1 atom stereocenters. The molecular formula is C34H37NO3. The number of esters is 1. The molecular weight excluding hydrogens is 470 g/mol. The molecule has 1 fully saturated rings. The predicted molar refractivity (Wildman–Crippen MR) is 151 cm³/mol. The number of fused-ring (bicyclic) bond motifs is 2. The van der Waals surface area contributed by atoms with Crippen molar-refractivity contribution in [2.24, 2.45) is 0 Å². The van der Waals surface area contributed by atoms with Crippen molar-refractivity contribution in [1.82, 2.24) is 4.90 Å². The van der Waals surface area contributed by atoms with Crippen molar-refractivity contribution in [1.29, 1.82) is 0 Å². The van der Waals surface area contributed by atoms with Gasteiger partial charge in [-0.25, -0.2) is 0 Å². The van der Waals surface area contributed by atoms with Crippen LogP contribution >= 0.6 is 0 Å². The van der Waals surface area contributed by atoms with Gasteiger partial charge in [0.15, 0.2) is 0 Å². The van der Waals surface area contributed by atoms with Gasteiger partial charge in [-0.1, -0.05) is 66.6 Å². The highest BCUT2D eigenvalue weighted by Crippen LogP contribution is 2.46. The second kappa shape index (κ2) is 11.9. The van der Waals surface area contributed by atoms with E-state index in [2.05, 4.69) is 59.4 Å². The number of terminal acetylenes is 1. The quantitative estimate of drug-likeness (QED) is 0.248. The molecule has 0 N–H and O–H groups in total. The van der Waals surface area contributed by atoms with E-state index in [0.717, 1.165) is 36.5 Å². The van der Waals surface area contributed by atoms with Crippen LogP contribution in [0.4, 0.5) is 0 Å². The van der Waals surface area contributed by atoms with Gasteiger partial charge in [-0.2, -0.15) is 0 Å². The summed E-state index contributed by atoms with van der Waals surface area (Å²) in [7, 11) is 0. The zero-order valence-corrected chi connectivity index (χ0v) is 22.3. The third-order valence-corrected chi connectivity index (χ3v) is 8.27.